The molecule has 0 N–H and O–H groups in total. The van der Waals surface area contributed by atoms with Crippen LogP contribution in [0.25, 0.3) is 6.08 Å². The molecule has 0 aliphatic heterocycles. The van der Waals surface area contributed by atoms with Gasteiger partial charge in [-0.15, -0.1) is 0 Å². The van der Waals surface area contributed by atoms with E-state index in [9.17, 15) is 0 Å². The number of rotatable bonds is 5. The van der Waals surface area contributed by atoms with Gasteiger partial charge in [0.2, 0.25) is 0 Å². The lowest BCUT2D eigenvalue weighted by Gasteiger charge is -2.35. The van der Waals surface area contributed by atoms with Crippen molar-refractivity contribution in [3.63, 3.8) is 0 Å². The van der Waals surface area contributed by atoms with Crippen LogP contribution < -0.4 is 10.6 Å². The Morgan fingerprint density at radius 1 is 0.742 bits per heavy atom. The van der Waals surface area contributed by atoms with Crippen LogP contribution >= 0.6 is 7.92 Å². The minimum atomic E-state index is -0.532. The molecule has 0 saturated carbocycles. The summed E-state index contributed by atoms with van der Waals surface area (Å²) in [6, 6.07) is 31.0. The van der Waals surface area contributed by atoms with Crippen LogP contribution in [-0.2, 0) is 0 Å². The summed E-state index contributed by atoms with van der Waals surface area (Å²) in [5.74, 6) is 0.447. The van der Waals surface area contributed by atoms with E-state index in [1.165, 1.54) is 32.6 Å². The maximum absolute atomic E-state index is 2.53. The first-order valence-electron chi connectivity index (χ1n) is 11.1. The highest BCUT2D eigenvalue weighted by atomic mass is 31.1. The Bertz CT molecular complexity index is 1140. The maximum atomic E-state index is 2.53. The third kappa shape index (κ3) is 3.64. The zero-order chi connectivity index (χ0) is 21.4. The van der Waals surface area contributed by atoms with Gasteiger partial charge in [0.25, 0.3) is 0 Å². The lowest BCUT2D eigenvalue weighted by molar-refractivity contribution is 0.383. The van der Waals surface area contributed by atoms with Crippen molar-refractivity contribution >= 4 is 24.6 Å². The SMILES string of the molecule is CC1=Cc2ccccc2C1C(C)(C)C1=CC(P(c2ccccc2)c2ccccc2)=CC1. The van der Waals surface area contributed by atoms with Crippen molar-refractivity contribution < 1.29 is 0 Å². The van der Waals surface area contributed by atoms with Crippen molar-refractivity contribution in [2.75, 3.05) is 0 Å². The van der Waals surface area contributed by atoms with Crippen molar-refractivity contribution in [2.24, 2.45) is 5.41 Å². The smallest absolute Gasteiger partial charge is 0.0143 e. The second-order valence-electron chi connectivity index (χ2n) is 9.18. The molecule has 0 amide bonds. The van der Waals surface area contributed by atoms with Crippen molar-refractivity contribution in [2.45, 2.75) is 33.1 Å². The normalized spacial score (nSPS) is 17.9. The second kappa shape index (κ2) is 8.10. The molecule has 1 heteroatoms. The number of allylic oxidation sites excluding steroid dienone is 5. The molecule has 154 valence electrons. The fraction of sp³-hybridized carbons (Fsp3) is 0.200. The van der Waals surface area contributed by atoms with E-state index in [0.717, 1.165) is 6.42 Å². The van der Waals surface area contributed by atoms with Gasteiger partial charge in [-0.1, -0.05) is 128 Å². The summed E-state index contributed by atoms with van der Waals surface area (Å²) >= 11 is 0. The minimum absolute atomic E-state index is 0.0832. The molecule has 0 nitrogen and oxygen atoms in total. The Labute approximate surface area is 187 Å². The molecule has 0 saturated heterocycles. The van der Waals surface area contributed by atoms with Gasteiger partial charge >= 0.3 is 0 Å². The molecule has 2 aliphatic rings. The molecule has 1 atom stereocenters. The topological polar surface area (TPSA) is 0 Å². The molecule has 5 rings (SSSR count). The highest BCUT2D eigenvalue weighted by molar-refractivity contribution is 7.77. The summed E-state index contributed by atoms with van der Waals surface area (Å²) < 4.78 is 0. The van der Waals surface area contributed by atoms with E-state index in [4.69, 9.17) is 0 Å². The van der Waals surface area contributed by atoms with Gasteiger partial charge in [0.05, 0.1) is 0 Å². The van der Waals surface area contributed by atoms with Crippen LogP contribution in [0.5, 0.6) is 0 Å². The quantitative estimate of drug-likeness (QED) is 0.374. The van der Waals surface area contributed by atoms with E-state index >= 15 is 0 Å². The van der Waals surface area contributed by atoms with Crippen LogP contribution in [0.3, 0.4) is 0 Å². The fourth-order valence-corrected chi connectivity index (χ4v) is 7.73. The summed E-state index contributed by atoms with van der Waals surface area (Å²) in [4.78, 5) is 0. The van der Waals surface area contributed by atoms with Gasteiger partial charge in [0, 0.05) is 5.92 Å². The molecule has 0 bridgehead atoms. The lowest BCUT2D eigenvalue weighted by Crippen LogP contribution is -2.24. The van der Waals surface area contributed by atoms with Crippen LogP contribution in [0.4, 0.5) is 0 Å². The van der Waals surface area contributed by atoms with E-state index in [1.807, 2.05) is 0 Å². The van der Waals surface area contributed by atoms with Gasteiger partial charge in [-0.3, -0.25) is 0 Å². The number of hydrogen-bond acceptors (Lipinski definition) is 0. The van der Waals surface area contributed by atoms with Crippen molar-refractivity contribution in [3.05, 3.63) is 125 Å². The number of benzene rings is 3. The molecule has 2 aliphatic carbocycles. The average molecular weight is 421 g/mol. The van der Waals surface area contributed by atoms with E-state index in [-0.39, 0.29) is 5.41 Å². The van der Waals surface area contributed by atoms with Gasteiger partial charge < -0.3 is 0 Å². The highest BCUT2D eigenvalue weighted by Gasteiger charge is 2.39. The molecular weight excluding hydrogens is 391 g/mol. The van der Waals surface area contributed by atoms with E-state index < -0.39 is 7.92 Å². The van der Waals surface area contributed by atoms with Gasteiger partial charge in [-0.25, -0.2) is 0 Å². The van der Waals surface area contributed by atoms with Gasteiger partial charge in [-0.2, -0.15) is 0 Å². The maximum Gasteiger partial charge on any atom is 0.0143 e. The van der Waals surface area contributed by atoms with Crippen molar-refractivity contribution in [1.29, 1.82) is 0 Å². The Kier molecular flexibility index (Phi) is 5.28. The average Bonchev–Trinajstić information content (AvgIpc) is 3.40. The molecule has 3 aromatic rings. The third-order valence-corrected chi connectivity index (χ3v) is 9.29. The molecule has 1 unspecified atom stereocenters. The van der Waals surface area contributed by atoms with Crippen LogP contribution in [0.2, 0.25) is 0 Å². The molecule has 0 aromatic heterocycles. The standard InChI is InChI=1S/C30H29P/c1-22-20-23-12-10-11-17-28(23)29(22)30(2,3)24-18-19-27(21-24)31(25-13-6-4-7-14-25)26-15-8-5-9-16-26/h4-17,19-21,29H,18H2,1-3H3. The summed E-state index contributed by atoms with van der Waals surface area (Å²) in [5, 5.41) is 4.34. The predicted octanol–water partition coefficient (Wildman–Crippen LogP) is 7.56. The predicted molar refractivity (Wildman–Crippen MR) is 136 cm³/mol. The molecular formula is C30H29P. The molecule has 0 radical (unpaired) electrons. The van der Waals surface area contributed by atoms with E-state index in [1.54, 1.807) is 5.57 Å². The lowest BCUT2D eigenvalue weighted by atomic mass is 9.68. The minimum Gasteiger partial charge on any atom is -0.0721 e. The second-order valence-corrected chi connectivity index (χ2v) is 11.4. The Morgan fingerprint density at radius 3 is 1.97 bits per heavy atom. The third-order valence-electron chi connectivity index (χ3n) is 6.84. The Morgan fingerprint density at radius 2 is 1.32 bits per heavy atom. The first-order valence-corrected chi connectivity index (χ1v) is 12.5. The molecule has 0 heterocycles. The van der Waals surface area contributed by atoms with E-state index in [2.05, 4.69) is 124 Å². The summed E-state index contributed by atoms with van der Waals surface area (Å²) in [7, 11) is -0.532. The van der Waals surface area contributed by atoms with Crippen LogP contribution in [0.15, 0.2) is 114 Å². The zero-order valence-electron chi connectivity index (χ0n) is 18.5. The van der Waals surface area contributed by atoms with Crippen molar-refractivity contribution in [1.82, 2.24) is 0 Å². The first kappa shape index (κ1) is 20.2. The van der Waals surface area contributed by atoms with Gasteiger partial charge in [-0.05, 0) is 53.7 Å². The highest BCUT2D eigenvalue weighted by Crippen LogP contribution is 2.55. The number of fused-ring (bicyclic) bond motifs is 1. The fourth-order valence-electron chi connectivity index (χ4n) is 5.34. The van der Waals surface area contributed by atoms with Crippen molar-refractivity contribution in [3.8, 4) is 0 Å². The van der Waals surface area contributed by atoms with Crippen LogP contribution in [0, 0.1) is 5.41 Å². The zero-order valence-corrected chi connectivity index (χ0v) is 19.4. The molecule has 31 heavy (non-hydrogen) atoms. The monoisotopic (exact) mass is 420 g/mol. The summed E-state index contributed by atoms with van der Waals surface area (Å²) in [5.41, 5.74) is 5.98. The summed E-state index contributed by atoms with van der Waals surface area (Å²) in [6.45, 7) is 7.18. The summed E-state index contributed by atoms with van der Waals surface area (Å²) in [6.07, 6.45) is 8.45. The molecule has 3 aromatic carbocycles. The Balaban J connectivity index is 1.52. The van der Waals surface area contributed by atoms with Crippen LogP contribution in [0.1, 0.15) is 44.2 Å². The van der Waals surface area contributed by atoms with Crippen LogP contribution in [-0.4, -0.2) is 0 Å². The first-order chi connectivity index (χ1) is 15.1. The molecule has 0 spiro atoms. The van der Waals surface area contributed by atoms with E-state index in [0.29, 0.717) is 5.92 Å². The molecule has 0 fully saturated rings. The number of hydrogen-bond donors (Lipinski definition) is 0. The van der Waals surface area contributed by atoms with Gasteiger partial charge in [0.1, 0.15) is 0 Å². The Hall–Kier alpha value is -2.69. The largest absolute Gasteiger partial charge is 0.0721 e. The van der Waals surface area contributed by atoms with Gasteiger partial charge in [0.15, 0.2) is 0 Å².